The highest BCUT2D eigenvalue weighted by molar-refractivity contribution is 5.80. The maximum Gasteiger partial charge on any atom is 0.236 e. The number of nitrogens with one attached hydrogen (secondary N) is 3. The van der Waals surface area contributed by atoms with Crippen molar-refractivity contribution in [3.05, 3.63) is 29.3 Å². The summed E-state index contributed by atoms with van der Waals surface area (Å²) in [6.07, 6.45) is 1.09. The van der Waals surface area contributed by atoms with Crippen molar-refractivity contribution < 1.29 is 4.79 Å². The molecular formula is C13H19N3O. The summed E-state index contributed by atoms with van der Waals surface area (Å²) in [7, 11) is 1.66. The van der Waals surface area contributed by atoms with E-state index in [4.69, 9.17) is 0 Å². The van der Waals surface area contributed by atoms with Crippen molar-refractivity contribution in [2.45, 2.75) is 25.9 Å². The van der Waals surface area contributed by atoms with E-state index in [9.17, 15) is 4.79 Å². The van der Waals surface area contributed by atoms with Gasteiger partial charge in [-0.1, -0.05) is 18.2 Å². The minimum atomic E-state index is -0.169. The first-order valence-corrected chi connectivity index (χ1v) is 6.02. The zero-order valence-corrected chi connectivity index (χ0v) is 10.3. The number of carbonyl (C=O) groups excluding carboxylic acids is 1. The maximum absolute atomic E-state index is 11.4. The van der Waals surface area contributed by atoms with E-state index >= 15 is 0 Å². The molecule has 1 atom stereocenters. The number of fused-ring (bicyclic) bond motifs is 1. The second-order valence-corrected chi connectivity index (χ2v) is 4.34. The van der Waals surface area contributed by atoms with Gasteiger partial charge in [-0.2, -0.15) is 0 Å². The molecule has 0 saturated heterocycles. The molecule has 1 unspecified atom stereocenters. The van der Waals surface area contributed by atoms with Gasteiger partial charge < -0.3 is 16.0 Å². The molecule has 1 aromatic carbocycles. The molecule has 0 radical (unpaired) electrons. The summed E-state index contributed by atoms with van der Waals surface area (Å²) in [5.41, 5.74) is 3.84. The first-order valence-electron chi connectivity index (χ1n) is 6.02. The minimum absolute atomic E-state index is 0.0190. The third-order valence-electron chi connectivity index (χ3n) is 3.17. The predicted octanol–water partition coefficient (Wildman–Crippen LogP) is 0.879. The van der Waals surface area contributed by atoms with E-state index in [2.05, 4.69) is 34.1 Å². The summed E-state index contributed by atoms with van der Waals surface area (Å²) >= 11 is 0. The van der Waals surface area contributed by atoms with Crippen molar-refractivity contribution in [2.24, 2.45) is 0 Å². The zero-order valence-electron chi connectivity index (χ0n) is 10.3. The lowest BCUT2D eigenvalue weighted by atomic mass is 10.1. The molecule has 0 bridgehead atoms. The third-order valence-corrected chi connectivity index (χ3v) is 3.17. The maximum atomic E-state index is 11.4. The van der Waals surface area contributed by atoms with Gasteiger partial charge in [0, 0.05) is 25.8 Å². The topological polar surface area (TPSA) is 53.2 Å². The van der Waals surface area contributed by atoms with Crippen molar-refractivity contribution >= 4 is 11.6 Å². The summed E-state index contributed by atoms with van der Waals surface area (Å²) in [6.45, 7) is 3.59. The van der Waals surface area contributed by atoms with Gasteiger partial charge in [-0.25, -0.2) is 0 Å². The number of carbonyl (C=O) groups is 1. The number of anilines is 1. The van der Waals surface area contributed by atoms with Crippen LogP contribution >= 0.6 is 0 Å². The van der Waals surface area contributed by atoms with Gasteiger partial charge in [0.25, 0.3) is 0 Å². The Hall–Kier alpha value is -1.55. The zero-order chi connectivity index (χ0) is 12.3. The van der Waals surface area contributed by atoms with Crippen LogP contribution in [0.25, 0.3) is 0 Å². The lowest BCUT2D eigenvalue weighted by molar-refractivity contribution is -0.122. The summed E-state index contributed by atoms with van der Waals surface area (Å²) in [4.78, 5) is 11.4. The molecule has 92 valence electrons. The average Bonchev–Trinajstić information content (AvgIpc) is 2.83. The average molecular weight is 233 g/mol. The number of likely N-dealkylation sites (N-methyl/N-ethyl adjacent to an activating group) is 1. The van der Waals surface area contributed by atoms with Crippen LogP contribution in [0, 0.1) is 0 Å². The van der Waals surface area contributed by atoms with Crippen molar-refractivity contribution in [1.29, 1.82) is 0 Å². The molecule has 0 saturated carbocycles. The second-order valence-electron chi connectivity index (χ2n) is 4.34. The highest BCUT2D eigenvalue weighted by Crippen LogP contribution is 2.26. The molecular weight excluding hydrogens is 214 g/mol. The second kappa shape index (κ2) is 5.19. The Balaban J connectivity index is 2.00. The molecule has 1 heterocycles. The van der Waals surface area contributed by atoms with E-state index in [-0.39, 0.29) is 11.9 Å². The minimum Gasteiger partial charge on any atom is -0.384 e. The molecule has 1 aliphatic rings. The number of rotatable bonds is 4. The van der Waals surface area contributed by atoms with Gasteiger partial charge in [0.05, 0.1) is 6.04 Å². The molecule has 1 aliphatic heterocycles. The Morgan fingerprint density at radius 1 is 1.53 bits per heavy atom. The van der Waals surface area contributed by atoms with Crippen molar-refractivity contribution in [3.63, 3.8) is 0 Å². The smallest absolute Gasteiger partial charge is 0.236 e. The fourth-order valence-corrected chi connectivity index (χ4v) is 2.13. The Morgan fingerprint density at radius 2 is 2.35 bits per heavy atom. The first-order chi connectivity index (χ1) is 8.22. The Bertz CT molecular complexity index is 417. The van der Waals surface area contributed by atoms with Gasteiger partial charge in [0.2, 0.25) is 5.91 Å². The van der Waals surface area contributed by atoms with Gasteiger partial charge in [-0.15, -0.1) is 0 Å². The molecule has 2 rings (SSSR count). The Morgan fingerprint density at radius 3 is 3.12 bits per heavy atom. The first kappa shape index (κ1) is 11.9. The van der Waals surface area contributed by atoms with Crippen LogP contribution in [-0.4, -0.2) is 25.5 Å². The monoisotopic (exact) mass is 233 g/mol. The van der Waals surface area contributed by atoms with Crippen LogP contribution in [0.5, 0.6) is 0 Å². The molecule has 0 aliphatic carbocycles. The molecule has 1 aromatic rings. The molecule has 4 nitrogen and oxygen atoms in total. The van der Waals surface area contributed by atoms with Gasteiger partial charge in [0.1, 0.15) is 0 Å². The lowest BCUT2D eigenvalue weighted by Crippen LogP contribution is -2.40. The van der Waals surface area contributed by atoms with E-state index in [1.54, 1.807) is 7.05 Å². The fourth-order valence-electron chi connectivity index (χ4n) is 2.13. The van der Waals surface area contributed by atoms with Crippen LogP contribution < -0.4 is 16.0 Å². The number of benzene rings is 1. The van der Waals surface area contributed by atoms with E-state index in [0.717, 1.165) is 13.0 Å². The van der Waals surface area contributed by atoms with Crippen LogP contribution in [0.3, 0.4) is 0 Å². The largest absolute Gasteiger partial charge is 0.384 e. The molecule has 0 spiro atoms. The quantitative estimate of drug-likeness (QED) is 0.723. The highest BCUT2D eigenvalue weighted by Gasteiger charge is 2.15. The van der Waals surface area contributed by atoms with Crippen LogP contribution in [0.2, 0.25) is 0 Å². The standard InChI is InChI=1S/C13H19N3O/c1-9(13(17)14-2)16-8-11-5-3-4-10-6-7-15-12(10)11/h3-5,9,15-16H,6-8H2,1-2H3,(H,14,17). The molecule has 0 aromatic heterocycles. The normalized spacial score (nSPS) is 14.9. The van der Waals surface area contributed by atoms with Crippen molar-refractivity contribution in [3.8, 4) is 0 Å². The van der Waals surface area contributed by atoms with E-state index < -0.39 is 0 Å². The number of para-hydroxylation sites is 1. The van der Waals surface area contributed by atoms with Crippen molar-refractivity contribution in [1.82, 2.24) is 10.6 Å². The summed E-state index contributed by atoms with van der Waals surface area (Å²) in [5, 5.41) is 9.26. The summed E-state index contributed by atoms with van der Waals surface area (Å²) in [5.74, 6) is 0.0190. The lowest BCUT2D eigenvalue weighted by Gasteiger charge is -2.14. The third kappa shape index (κ3) is 2.58. The highest BCUT2D eigenvalue weighted by atomic mass is 16.2. The van der Waals surface area contributed by atoms with E-state index in [1.807, 2.05) is 6.92 Å². The SMILES string of the molecule is CNC(=O)C(C)NCc1cccc2c1NCC2. The summed E-state index contributed by atoms with van der Waals surface area (Å²) in [6, 6.07) is 6.16. The molecule has 3 N–H and O–H groups in total. The fraction of sp³-hybridized carbons (Fsp3) is 0.462. The van der Waals surface area contributed by atoms with Crippen LogP contribution in [0.15, 0.2) is 18.2 Å². The molecule has 4 heteroatoms. The van der Waals surface area contributed by atoms with Crippen molar-refractivity contribution in [2.75, 3.05) is 18.9 Å². The van der Waals surface area contributed by atoms with Gasteiger partial charge >= 0.3 is 0 Å². The van der Waals surface area contributed by atoms with Crippen LogP contribution in [0.1, 0.15) is 18.1 Å². The Kier molecular flexibility index (Phi) is 3.64. The predicted molar refractivity (Wildman–Crippen MR) is 69.0 cm³/mol. The van der Waals surface area contributed by atoms with Gasteiger partial charge in [-0.05, 0) is 24.5 Å². The Labute approximate surface area is 102 Å². The van der Waals surface area contributed by atoms with Gasteiger partial charge in [0.15, 0.2) is 0 Å². The van der Waals surface area contributed by atoms with E-state index in [1.165, 1.54) is 16.8 Å². The van der Waals surface area contributed by atoms with Crippen LogP contribution in [0.4, 0.5) is 5.69 Å². The number of hydrogen-bond donors (Lipinski definition) is 3. The number of amides is 1. The molecule has 1 amide bonds. The van der Waals surface area contributed by atoms with Crippen LogP contribution in [-0.2, 0) is 17.8 Å². The van der Waals surface area contributed by atoms with E-state index in [0.29, 0.717) is 6.54 Å². The summed E-state index contributed by atoms with van der Waals surface area (Å²) < 4.78 is 0. The van der Waals surface area contributed by atoms with Gasteiger partial charge in [-0.3, -0.25) is 4.79 Å². The number of hydrogen-bond acceptors (Lipinski definition) is 3. The molecule has 0 fully saturated rings. The molecule has 17 heavy (non-hydrogen) atoms.